The van der Waals surface area contributed by atoms with Crippen molar-refractivity contribution >= 4 is 33.6 Å². The van der Waals surface area contributed by atoms with Gasteiger partial charge in [-0.15, -0.1) is 0 Å². The molecule has 0 aliphatic carbocycles. The van der Waals surface area contributed by atoms with Crippen LogP contribution < -0.4 is 10.6 Å². The van der Waals surface area contributed by atoms with Crippen LogP contribution in [0.15, 0.2) is 28.7 Å². The first-order chi connectivity index (χ1) is 9.45. The number of benzene rings is 1. The van der Waals surface area contributed by atoms with Gasteiger partial charge in [0, 0.05) is 29.2 Å². The molecule has 1 heterocycles. The standard InChI is InChI=1S/C14H18BrN3O2/c1-9(2)18-8-12(7-13(18)19)17-14(20)16-11-5-3-4-10(15)6-11/h3-6,9,12H,7-8H2,1-2H3,(H2,16,17,20). The highest BCUT2D eigenvalue weighted by Gasteiger charge is 2.31. The third-order valence-corrected chi connectivity index (χ3v) is 3.69. The van der Waals surface area contributed by atoms with Crippen LogP contribution in [0.25, 0.3) is 0 Å². The molecule has 2 N–H and O–H groups in total. The van der Waals surface area contributed by atoms with Crippen molar-refractivity contribution in [1.29, 1.82) is 0 Å². The third kappa shape index (κ3) is 3.72. The van der Waals surface area contributed by atoms with Crippen LogP contribution in [0.4, 0.5) is 10.5 Å². The molecule has 1 fully saturated rings. The number of nitrogens with zero attached hydrogens (tertiary/aromatic N) is 1. The zero-order valence-corrected chi connectivity index (χ0v) is 13.1. The Balaban J connectivity index is 1.88. The van der Waals surface area contributed by atoms with E-state index in [0.717, 1.165) is 4.47 Å². The van der Waals surface area contributed by atoms with E-state index in [2.05, 4.69) is 26.6 Å². The monoisotopic (exact) mass is 339 g/mol. The molecule has 0 bridgehead atoms. The molecule has 0 saturated carbocycles. The molecule has 3 amide bonds. The molecule has 1 aromatic carbocycles. The van der Waals surface area contributed by atoms with Gasteiger partial charge >= 0.3 is 6.03 Å². The van der Waals surface area contributed by atoms with Gasteiger partial charge in [-0.05, 0) is 32.0 Å². The lowest BCUT2D eigenvalue weighted by Crippen LogP contribution is -2.40. The van der Waals surface area contributed by atoms with Gasteiger partial charge in [0.1, 0.15) is 0 Å². The van der Waals surface area contributed by atoms with Crippen LogP contribution in [-0.2, 0) is 4.79 Å². The SMILES string of the molecule is CC(C)N1CC(NC(=O)Nc2cccc(Br)c2)CC1=O. The van der Waals surface area contributed by atoms with Gasteiger partial charge < -0.3 is 15.5 Å². The van der Waals surface area contributed by atoms with Crippen molar-refractivity contribution in [3.63, 3.8) is 0 Å². The Hall–Kier alpha value is -1.56. The molecule has 2 rings (SSSR count). The first kappa shape index (κ1) is 14.8. The average Bonchev–Trinajstić information content (AvgIpc) is 2.70. The number of rotatable bonds is 3. The first-order valence-electron chi connectivity index (χ1n) is 6.58. The summed E-state index contributed by atoms with van der Waals surface area (Å²) in [7, 11) is 0. The summed E-state index contributed by atoms with van der Waals surface area (Å²) in [4.78, 5) is 25.4. The van der Waals surface area contributed by atoms with Gasteiger partial charge in [0.15, 0.2) is 0 Å². The van der Waals surface area contributed by atoms with Crippen LogP contribution in [0.2, 0.25) is 0 Å². The van der Waals surface area contributed by atoms with E-state index in [1.54, 1.807) is 4.90 Å². The van der Waals surface area contributed by atoms with Crippen LogP contribution in [0.3, 0.4) is 0 Å². The Bertz CT molecular complexity index is 519. The minimum atomic E-state index is -0.286. The molecule has 20 heavy (non-hydrogen) atoms. The van der Waals surface area contributed by atoms with Gasteiger partial charge in [0.05, 0.1) is 6.04 Å². The fraction of sp³-hybridized carbons (Fsp3) is 0.429. The summed E-state index contributed by atoms with van der Waals surface area (Å²) in [6, 6.07) is 7.12. The number of carbonyl (C=O) groups excluding carboxylic acids is 2. The lowest BCUT2D eigenvalue weighted by molar-refractivity contribution is -0.129. The van der Waals surface area contributed by atoms with Gasteiger partial charge in [-0.3, -0.25) is 4.79 Å². The highest BCUT2D eigenvalue weighted by molar-refractivity contribution is 9.10. The molecule has 0 aromatic heterocycles. The number of amides is 3. The van der Waals surface area contributed by atoms with Crippen LogP contribution in [0.1, 0.15) is 20.3 Å². The minimum Gasteiger partial charge on any atom is -0.338 e. The van der Waals surface area contributed by atoms with Gasteiger partial charge in [-0.1, -0.05) is 22.0 Å². The summed E-state index contributed by atoms with van der Waals surface area (Å²) in [5, 5.41) is 5.59. The van der Waals surface area contributed by atoms with E-state index in [1.807, 2.05) is 38.1 Å². The predicted octanol–water partition coefficient (Wildman–Crippen LogP) is 2.58. The normalized spacial score (nSPS) is 18.5. The molecule has 1 aliphatic rings. The molecule has 5 nitrogen and oxygen atoms in total. The van der Waals surface area contributed by atoms with Crippen molar-refractivity contribution < 1.29 is 9.59 Å². The lowest BCUT2D eigenvalue weighted by atomic mass is 10.2. The number of nitrogens with one attached hydrogen (secondary N) is 2. The van der Waals surface area contributed by atoms with E-state index in [1.165, 1.54) is 0 Å². The highest BCUT2D eigenvalue weighted by atomic mass is 79.9. The Morgan fingerprint density at radius 3 is 2.80 bits per heavy atom. The molecule has 1 unspecified atom stereocenters. The van der Waals surface area contributed by atoms with Crippen LogP contribution in [0.5, 0.6) is 0 Å². The summed E-state index contributed by atoms with van der Waals surface area (Å²) < 4.78 is 0.900. The second kappa shape index (κ2) is 6.26. The number of hydrogen-bond acceptors (Lipinski definition) is 2. The lowest BCUT2D eigenvalue weighted by Gasteiger charge is -2.21. The fourth-order valence-corrected chi connectivity index (χ4v) is 2.65. The smallest absolute Gasteiger partial charge is 0.319 e. The van der Waals surface area contributed by atoms with Crippen LogP contribution in [-0.4, -0.2) is 35.5 Å². The average molecular weight is 340 g/mol. The largest absolute Gasteiger partial charge is 0.338 e. The van der Waals surface area contributed by atoms with Gasteiger partial charge in [0.2, 0.25) is 5.91 Å². The number of halogens is 1. The van der Waals surface area contributed by atoms with Gasteiger partial charge in [0.25, 0.3) is 0 Å². The van der Waals surface area contributed by atoms with Crippen molar-refractivity contribution in [3.8, 4) is 0 Å². The molecule has 108 valence electrons. The van der Waals surface area contributed by atoms with Crippen molar-refractivity contribution in [1.82, 2.24) is 10.2 Å². The molecule has 1 saturated heterocycles. The minimum absolute atomic E-state index is 0.0905. The molecular weight excluding hydrogens is 322 g/mol. The Kier molecular flexibility index (Phi) is 4.65. The van der Waals surface area contributed by atoms with Crippen molar-refractivity contribution in [2.75, 3.05) is 11.9 Å². The van der Waals surface area contributed by atoms with Gasteiger partial charge in [-0.25, -0.2) is 4.79 Å². The zero-order valence-electron chi connectivity index (χ0n) is 11.5. The topological polar surface area (TPSA) is 61.4 Å². The van der Waals surface area contributed by atoms with E-state index >= 15 is 0 Å². The van der Waals surface area contributed by atoms with E-state index in [4.69, 9.17) is 0 Å². The summed E-state index contributed by atoms with van der Waals surface area (Å²) >= 11 is 3.35. The quantitative estimate of drug-likeness (QED) is 0.888. The number of hydrogen-bond donors (Lipinski definition) is 2. The van der Waals surface area contributed by atoms with Gasteiger partial charge in [-0.2, -0.15) is 0 Å². The molecule has 1 aromatic rings. The van der Waals surface area contributed by atoms with E-state index in [-0.39, 0.29) is 24.0 Å². The molecule has 1 aliphatic heterocycles. The summed E-state index contributed by atoms with van der Waals surface area (Å²) in [5.74, 6) is 0.0905. The highest BCUT2D eigenvalue weighted by Crippen LogP contribution is 2.17. The second-order valence-corrected chi connectivity index (χ2v) is 6.07. The Labute approximate surface area is 126 Å². The summed E-state index contributed by atoms with van der Waals surface area (Å²) in [6.45, 7) is 4.52. The van der Waals surface area contributed by atoms with Crippen molar-refractivity contribution in [3.05, 3.63) is 28.7 Å². The zero-order chi connectivity index (χ0) is 14.7. The number of urea groups is 1. The molecular formula is C14H18BrN3O2. The van der Waals surface area contributed by atoms with E-state index in [9.17, 15) is 9.59 Å². The van der Waals surface area contributed by atoms with E-state index in [0.29, 0.717) is 18.7 Å². The van der Waals surface area contributed by atoms with Crippen molar-refractivity contribution in [2.24, 2.45) is 0 Å². The number of likely N-dealkylation sites (tertiary alicyclic amines) is 1. The first-order valence-corrected chi connectivity index (χ1v) is 7.37. The maximum Gasteiger partial charge on any atom is 0.319 e. The van der Waals surface area contributed by atoms with Crippen LogP contribution >= 0.6 is 15.9 Å². The predicted molar refractivity (Wildman–Crippen MR) is 81.6 cm³/mol. The Morgan fingerprint density at radius 2 is 2.20 bits per heavy atom. The number of anilines is 1. The third-order valence-electron chi connectivity index (χ3n) is 3.20. The molecule has 6 heteroatoms. The van der Waals surface area contributed by atoms with Crippen LogP contribution in [0, 0.1) is 0 Å². The maximum absolute atomic E-state index is 11.9. The fourth-order valence-electron chi connectivity index (χ4n) is 2.25. The number of carbonyl (C=O) groups is 2. The molecule has 1 atom stereocenters. The van der Waals surface area contributed by atoms with E-state index < -0.39 is 0 Å². The van der Waals surface area contributed by atoms with Crippen molar-refractivity contribution in [2.45, 2.75) is 32.4 Å². The second-order valence-electron chi connectivity index (χ2n) is 5.15. The summed E-state index contributed by atoms with van der Waals surface area (Å²) in [6.07, 6.45) is 0.365. The molecule has 0 spiro atoms. The molecule has 0 radical (unpaired) electrons. The Morgan fingerprint density at radius 1 is 1.45 bits per heavy atom. The maximum atomic E-state index is 11.9. The summed E-state index contributed by atoms with van der Waals surface area (Å²) in [5.41, 5.74) is 0.710.